The van der Waals surface area contributed by atoms with Crippen LogP contribution in [0.1, 0.15) is 33.6 Å². The van der Waals surface area contributed by atoms with E-state index in [9.17, 15) is 4.79 Å². The number of rotatable bonds is 3. The largest absolute Gasteiger partial charge is 0.354 e. The highest BCUT2D eigenvalue weighted by Gasteiger charge is 2.20. The maximum Gasteiger partial charge on any atom is 0.222 e. The third-order valence-electron chi connectivity index (χ3n) is 2.16. The molecule has 14 heavy (non-hydrogen) atoms. The Hall–Kier alpha value is -0.220. The summed E-state index contributed by atoms with van der Waals surface area (Å²) >= 11 is 1.85. The van der Waals surface area contributed by atoms with Crippen LogP contribution in [0.15, 0.2) is 0 Å². The van der Waals surface area contributed by atoms with E-state index in [0.717, 1.165) is 5.75 Å². The van der Waals surface area contributed by atoms with Gasteiger partial charge in [0.2, 0.25) is 5.91 Å². The third-order valence-corrected chi connectivity index (χ3v) is 3.34. The van der Waals surface area contributed by atoms with Gasteiger partial charge in [0.1, 0.15) is 0 Å². The first-order valence-corrected chi connectivity index (χ1v) is 6.30. The van der Waals surface area contributed by atoms with Gasteiger partial charge in [0.25, 0.3) is 0 Å². The molecule has 1 fully saturated rings. The fourth-order valence-corrected chi connectivity index (χ4v) is 2.87. The lowest BCUT2D eigenvalue weighted by Gasteiger charge is -2.28. The van der Waals surface area contributed by atoms with Crippen LogP contribution >= 0.6 is 11.8 Å². The molecule has 0 spiro atoms. The van der Waals surface area contributed by atoms with E-state index >= 15 is 0 Å². The van der Waals surface area contributed by atoms with E-state index in [4.69, 9.17) is 0 Å². The van der Waals surface area contributed by atoms with Gasteiger partial charge >= 0.3 is 0 Å². The molecule has 1 amide bonds. The predicted octanol–water partition coefficient (Wildman–Crippen LogP) is 1.34. The van der Waals surface area contributed by atoms with Gasteiger partial charge in [-0.1, -0.05) is 0 Å². The van der Waals surface area contributed by atoms with Crippen molar-refractivity contribution in [2.75, 3.05) is 5.75 Å². The van der Waals surface area contributed by atoms with Crippen molar-refractivity contribution in [1.29, 1.82) is 0 Å². The summed E-state index contributed by atoms with van der Waals surface area (Å²) in [6, 6.07) is 0.793. The molecule has 1 aliphatic rings. The van der Waals surface area contributed by atoms with Crippen molar-refractivity contribution >= 4 is 17.7 Å². The number of hydrogen-bond donors (Lipinski definition) is 2. The van der Waals surface area contributed by atoms with Crippen molar-refractivity contribution in [2.45, 2.75) is 51.1 Å². The molecular formula is C10H20N2OS. The Kier molecular flexibility index (Phi) is 4.75. The molecule has 0 radical (unpaired) electrons. The minimum Gasteiger partial charge on any atom is -0.354 e. The van der Waals surface area contributed by atoms with Gasteiger partial charge < -0.3 is 10.6 Å². The van der Waals surface area contributed by atoms with Crippen LogP contribution in [0.3, 0.4) is 0 Å². The Labute approximate surface area is 90.4 Å². The molecule has 0 saturated carbocycles. The standard InChI is InChI=1S/C10H20N2OS/c1-7(2)11-9(13)6-10-12-8(3)4-5-14-10/h7-8,10,12H,4-6H2,1-3H3,(H,11,13). The first-order valence-electron chi connectivity index (χ1n) is 5.25. The van der Waals surface area contributed by atoms with E-state index in [1.165, 1.54) is 6.42 Å². The van der Waals surface area contributed by atoms with E-state index in [0.29, 0.717) is 17.8 Å². The fourth-order valence-electron chi connectivity index (χ4n) is 1.50. The molecule has 1 aliphatic heterocycles. The summed E-state index contributed by atoms with van der Waals surface area (Å²) < 4.78 is 0. The Bertz CT molecular complexity index is 197. The number of nitrogens with one attached hydrogen (secondary N) is 2. The van der Waals surface area contributed by atoms with E-state index in [1.807, 2.05) is 25.6 Å². The predicted molar refractivity (Wildman–Crippen MR) is 61.4 cm³/mol. The van der Waals surface area contributed by atoms with Crippen LogP contribution in [0.4, 0.5) is 0 Å². The maximum atomic E-state index is 11.5. The number of carbonyl (C=O) groups excluding carboxylic acids is 1. The fraction of sp³-hybridized carbons (Fsp3) is 0.900. The van der Waals surface area contributed by atoms with Crippen LogP contribution in [-0.4, -0.2) is 29.1 Å². The smallest absolute Gasteiger partial charge is 0.222 e. The Balaban J connectivity index is 2.25. The van der Waals surface area contributed by atoms with Gasteiger partial charge in [0.05, 0.1) is 11.8 Å². The second-order valence-corrected chi connectivity index (χ2v) is 5.45. The van der Waals surface area contributed by atoms with Gasteiger partial charge in [0, 0.05) is 12.1 Å². The highest BCUT2D eigenvalue weighted by Crippen LogP contribution is 2.20. The van der Waals surface area contributed by atoms with E-state index < -0.39 is 0 Å². The van der Waals surface area contributed by atoms with Gasteiger partial charge in [0.15, 0.2) is 0 Å². The van der Waals surface area contributed by atoms with Crippen LogP contribution in [0.25, 0.3) is 0 Å². The Morgan fingerprint density at radius 2 is 2.36 bits per heavy atom. The average Bonchev–Trinajstić information content (AvgIpc) is 2.01. The van der Waals surface area contributed by atoms with Crippen molar-refractivity contribution in [1.82, 2.24) is 10.6 Å². The summed E-state index contributed by atoms with van der Waals surface area (Å²) in [5.41, 5.74) is 0. The summed E-state index contributed by atoms with van der Waals surface area (Å²) in [4.78, 5) is 11.5. The molecule has 1 heterocycles. The van der Waals surface area contributed by atoms with Crippen molar-refractivity contribution in [2.24, 2.45) is 0 Å². The van der Waals surface area contributed by atoms with Gasteiger partial charge in [-0.15, -0.1) is 11.8 Å². The average molecular weight is 216 g/mol. The summed E-state index contributed by atoms with van der Waals surface area (Å²) in [6.07, 6.45) is 1.79. The monoisotopic (exact) mass is 216 g/mol. The first kappa shape index (κ1) is 11.9. The second-order valence-electron chi connectivity index (χ2n) is 4.14. The molecule has 0 aliphatic carbocycles. The van der Waals surface area contributed by atoms with Crippen molar-refractivity contribution < 1.29 is 4.79 Å². The normalized spacial score (nSPS) is 27.7. The zero-order chi connectivity index (χ0) is 10.6. The van der Waals surface area contributed by atoms with Crippen molar-refractivity contribution in [3.05, 3.63) is 0 Å². The van der Waals surface area contributed by atoms with Crippen LogP contribution in [0.5, 0.6) is 0 Å². The van der Waals surface area contributed by atoms with E-state index in [2.05, 4.69) is 17.6 Å². The lowest BCUT2D eigenvalue weighted by Crippen LogP contribution is -2.42. The molecular weight excluding hydrogens is 196 g/mol. The van der Waals surface area contributed by atoms with Crippen LogP contribution < -0.4 is 10.6 Å². The van der Waals surface area contributed by atoms with Gasteiger partial charge in [-0.25, -0.2) is 0 Å². The van der Waals surface area contributed by atoms with Gasteiger partial charge in [-0.2, -0.15) is 0 Å². The van der Waals surface area contributed by atoms with Crippen LogP contribution in [0, 0.1) is 0 Å². The lowest BCUT2D eigenvalue weighted by molar-refractivity contribution is -0.121. The number of carbonyl (C=O) groups is 1. The number of amides is 1. The lowest BCUT2D eigenvalue weighted by atomic mass is 10.2. The van der Waals surface area contributed by atoms with Crippen molar-refractivity contribution in [3.8, 4) is 0 Å². The summed E-state index contributed by atoms with van der Waals surface area (Å²) in [5, 5.41) is 6.64. The Morgan fingerprint density at radius 3 is 2.93 bits per heavy atom. The van der Waals surface area contributed by atoms with Crippen molar-refractivity contribution in [3.63, 3.8) is 0 Å². The first-order chi connectivity index (χ1) is 6.58. The van der Waals surface area contributed by atoms with Crippen LogP contribution in [-0.2, 0) is 4.79 Å². The molecule has 0 aromatic carbocycles. The SMILES string of the molecule is CC(C)NC(=O)CC1NC(C)CCS1. The Morgan fingerprint density at radius 1 is 1.64 bits per heavy atom. The molecule has 82 valence electrons. The molecule has 2 atom stereocenters. The summed E-state index contributed by atoms with van der Waals surface area (Å²) in [6.45, 7) is 6.15. The highest BCUT2D eigenvalue weighted by molar-refractivity contribution is 7.99. The molecule has 3 nitrogen and oxygen atoms in total. The number of thioether (sulfide) groups is 1. The minimum absolute atomic E-state index is 0.152. The second kappa shape index (κ2) is 5.61. The molecule has 1 rings (SSSR count). The molecule has 2 N–H and O–H groups in total. The van der Waals surface area contributed by atoms with E-state index in [-0.39, 0.29) is 11.9 Å². The minimum atomic E-state index is 0.152. The third kappa shape index (κ3) is 4.33. The van der Waals surface area contributed by atoms with Crippen LogP contribution in [0.2, 0.25) is 0 Å². The molecule has 2 unspecified atom stereocenters. The van der Waals surface area contributed by atoms with Gasteiger partial charge in [-0.05, 0) is 32.9 Å². The zero-order valence-electron chi connectivity index (χ0n) is 9.17. The molecule has 4 heteroatoms. The van der Waals surface area contributed by atoms with E-state index in [1.54, 1.807) is 0 Å². The summed E-state index contributed by atoms with van der Waals surface area (Å²) in [7, 11) is 0. The number of hydrogen-bond acceptors (Lipinski definition) is 3. The zero-order valence-corrected chi connectivity index (χ0v) is 9.99. The topological polar surface area (TPSA) is 41.1 Å². The molecule has 0 aromatic heterocycles. The highest BCUT2D eigenvalue weighted by atomic mass is 32.2. The summed E-state index contributed by atoms with van der Waals surface area (Å²) in [5.74, 6) is 1.31. The quantitative estimate of drug-likeness (QED) is 0.748. The molecule has 0 aromatic rings. The molecule has 1 saturated heterocycles. The van der Waals surface area contributed by atoms with Gasteiger partial charge in [-0.3, -0.25) is 4.79 Å². The molecule has 0 bridgehead atoms. The maximum absolute atomic E-state index is 11.5.